The number of hydrogen-bond acceptors (Lipinski definition) is 2. The van der Waals surface area contributed by atoms with E-state index in [2.05, 4.69) is 17.2 Å². The van der Waals surface area contributed by atoms with Crippen LogP contribution in [0.15, 0.2) is 41.2 Å². The Bertz CT molecular complexity index is 498. The van der Waals surface area contributed by atoms with E-state index in [1.54, 1.807) is 4.68 Å². The highest BCUT2D eigenvalue weighted by Crippen LogP contribution is 2.04. The zero-order valence-electron chi connectivity index (χ0n) is 9.02. The van der Waals surface area contributed by atoms with Crippen LogP contribution < -0.4 is 11.3 Å². The normalized spacial score (nSPS) is 10.5. The Morgan fingerprint density at radius 1 is 1.25 bits per heavy atom. The molecule has 0 bridgehead atoms. The lowest BCUT2D eigenvalue weighted by Crippen LogP contribution is -2.08. The third kappa shape index (κ3) is 2.53. The van der Waals surface area contributed by atoms with E-state index in [9.17, 15) is 4.79 Å². The molecule has 84 valence electrons. The molecule has 0 aliphatic heterocycles. The molecule has 1 aromatic heterocycles. The number of nitrogens with one attached hydrogen (secondary N) is 1. The van der Waals surface area contributed by atoms with Gasteiger partial charge in [-0.2, -0.15) is 0 Å². The molecule has 4 nitrogen and oxygen atoms in total. The molecule has 0 fully saturated rings. The van der Waals surface area contributed by atoms with Crippen LogP contribution in [-0.4, -0.2) is 9.78 Å². The monoisotopic (exact) mass is 217 g/mol. The van der Waals surface area contributed by atoms with Gasteiger partial charge < -0.3 is 5.73 Å². The van der Waals surface area contributed by atoms with Crippen molar-refractivity contribution in [2.75, 3.05) is 5.73 Å². The van der Waals surface area contributed by atoms with Gasteiger partial charge in [0.1, 0.15) is 5.82 Å². The predicted molar refractivity (Wildman–Crippen MR) is 64.2 cm³/mol. The number of aromatic amines is 1. The Labute approximate surface area is 93.7 Å². The molecule has 0 aliphatic rings. The summed E-state index contributed by atoms with van der Waals surface area (Å²) < 4.78 is 1.69. The van der Waals surface area contributed by atoms with Gasteiger partial charge in [0, 0.05) is 12.6 Å². The Hall–Kier alpha value is -1.97. The summed E-state index contributed by atoms with van der Waals surface area (Å²) in [6, 6.07) is 11.7. The molecule has 0 unspecified atom stereocenters. The molecule has 0 saturated carbocycles. The standard InChI is InChI=1S/C12H15N3O/c13-11-9-12(16)14-15(11)8-4-7-10-5-2-1-3-6-10/h1-3,5-6,9H,4,7-8,13H2,(H,14,16). The van der Waals surface area contributed by atoms with E-state index in [0.717, 1.165) is 19.4 Å². The fraction of sp³-hybridized carbons (Fsp3) is 0.250. The average Bonchev–Trinajstić information content (AvgIpc) is 2.59. The lowest BCUT2D eigenvalue weighted by Gasteiger charge is -2.04. The van der Waals surface area contributed by atoms with Gasteiger partial charge in [0.15, 0.2) is 0 Å². The molecule has 0 amide bonds. The molecule has 0 saturated heterocycles. The first-order valence-corrected chi connectivity index (χ1v) is 5.35. The zero-order valence-corrected chi connectivity index (χ0v) is 9.02. The van der Waals surface area contributed by atoms with Gasteiger partial charge in [-0.1, -0.05) is 30.3 Å². The summed E-state index contributed by atoms with van der Waals surface area (Å²) in [7, 11) is 0. The van der Waals surface area contributed by atoms with Crippen molar-refractivity contribution in [3.8, 4) is 0 Å². The molecule has 0 radical (unpaired) electrons. The highest BCUT2D eigenvalue weighted by Gasteiger charge is 1.99. The number of aryl methyl sites for hydroxylation is 2. The van der Waals surface area contributed by atoms with Crippen LogP contribution in [0.4, 0.5) is 5.82 Å². The SMILES string of the molecule is Nc1cc(=O)[nH]n1CCCc1ccccc1. The maximum Gasteiger partial charge on any atom is 0.266 e. The van der Waals surface area contributed by atoms with Gasteiger partial charge in [0.05, 0.1) is 0 Å². The molecular weight excluding hydrogens is 202 g/mol. The summed E-state index contributed by atoms with van der Waals surface area (Å²) in [6.07, 6.45) is 1.94. The summed E-state index contributed by atoms with van der Waals surface area (Å²) >= 11 is 0. The highest BCUT2D eigenvalue weighted by atomic mass is 16.1. The van der Waals surface area contributed by atoms with Crippen LogP contribution in [0.5, 0.6) is 0 Å². The molecule has 0 spiro atoms. The Morgan fingerprint density at radius 3 is 2.62 bits per heavy atom. The summed E-state index contributed by atoms with van der Waals surface area (Å²) in [5, 5.41) is 2.67. The van der Waals surface area contributed by atoms with Crippen LogP contribution in [0, 0.1) is 0 Å². The van der Waals surface area contributed by atoms with E-state index in [-0.39, 0.29) is 5.56 Å². The van der Waals surface area contributed by atoms with Gasteiger partial charge in [-0.25, -0.2) is 0 Å². The second kappa shape index (κ2) is 4.70. The van der Waals surface area contributed by atoms with E-state index in [4.69, 9.17) is 5.73 Å². The van der Waals surface area contributed by atoms with Gasteiger partial charge in [0.25, 0.3) is 5.56 Å². The van der Waals surface area contributed by atoms with Crippen LogP contribution in [0.1, 0.15) is 12.0 Å². The first-order chi connectivity index (χ1) is 7.75. The fourth-order valence-corrected chi connectivity index (χ4v) is 1.71. The van der Waals surface area contributed by atoms with E-state index < -0.39 is 0 Å². The van der Waals surface area contributed by atoms with Gasteiger partial charge in [0.2, 0.25) is 0 Å². The molecule has 4 heteroatoms. The lowest BCUT2D eigenvalue weighted by atomic mass is 10.1. The number of anilines is 1. The van der Waals surface area contributed by atoms with E-state index in [1.807, 2.05) is 18.2 Å². The van der Waals surface area contributed by atoms with Crippen molar-refractivity contribution < 1.29 is 0 Å². The molecule has 1 aromatic carbocycles. The van der Waals surface area contributed by atoms with Crippen molar-refractivity contribution >= 4 is 5.82 Å². The fourth-order valence-electron chi connectivity index (χ4n) is 1.71. The maximum atomic E-state index is 11.0. The third-order valence-corrected chi connectivity index (χ3v) is 2.53. The second-order valence-electron chi connectivity index (χ2n) is 3.79. The van der Waals surface area contributed by atoms with Crippen LogP contribution >= 0.6 is 0 Å². The average molecular weight is 217 g/mol. The molecule has 0 aliphatic carbocycles. The van der Waals surface area contributed by atoms with Crippen molar-refractivity contribution in [2.45, 2.75) is 19.4 Å². The topological polar surface area (TPSA) is 63.8 Å². The van der Waals surface area contributed by atoms with Gasteiger partial charge in [-0.05, 0) is 18.4 Å². The summed E-state index contributed by atoms with van der Waals surface area (Å²) in [5.74, 6) is 0.498. The van der Waals surface area contributed by atoms with Crippen LogP contribution in [-0.2, 0) is 13.0 Å². The predicted octanol–water partition coefficient (Wildman–Crippen LogP) is 1.39. The molecule has 1 heterocycles. The Morgan fingerprint density at radius 2 is 2.00 bits per heavy atom. The maximum absolute atomic E-state index is 11.0. The molecule has 2 rings (SSSR count). The zero-order chi connectivity index (χ0) is 11.4. The number of H-pyrrole nitrogens is 1. The summed E-state index contributed by atoms with van der Waals surface area (Å²) in [4.78, 5) is 11.0. The molecule has 2 aromatic rings. The van der Waals surface area contributed by atoms with Crippen molar-refractivity contribution in [2.24, 2.45) is 0 Å². The van der Waals surface area contributed by atoms with Crippen LogP contribution in [0.3, 0.4) is 0 Å². The first kappa shape index (κ1) is 10.5. The van der Waals surface area contributed by atoms with E-state index in [0.29, 0.717) is 5.82 Å². The van der Waals surface area contributed by atoms with Crippen molar-refractivity contribution in [3.05, 3.63) is 52.3 Å². The highest BCUT2D eigenvalue weighted by molar-refractivity contribution is 5.25. The smallest absolute Gasteiger partial charge is 0.266 e. The Kier molecular flexibility index (Phi) is 3.10. The number of hydrogen-bond donors (Lipinski definition) is 2. The van der Waals surface area contributed by atoms with Crippen molar-refractivity contribution in [1.82, 2.24) is 9.78 Å². The molecular formula is C12H15N3O. The largest absolute Gasteiger partial charge is 0.384 e. The van der Waals surface area contributed by atoms with Crippen molar-refractivity contribution in [1.29, 1.82) is 0 Å². The summed E-state index contributed by atoms with van der Waals surface area (Å²) in [6.45, 7) is 0.739. The lowest BCUT2D eigenvalue weighted by molar-refractivity contribution is 0.582. The Balaban J connectivity index is 1.89. The number of rotatable bonds is 4. The molecule has 3 N–H and O–H groups in total. The van der Waals surface area contributed by atoms with Crippen LogP contribution in [0.25, 0.3) is 0 Å². The minimum atomic E-state index is -0.141. The third-order valence-electron chi connectivity index (χ3n) is 2.53. The number of nitrogens with zero attached hydrogens (tertiary/aromatic N) is 1. The number of nitrogens with two attached hydrogens (primary N) is 1. The number of nitrogen functional groups attached to an aromatic ring is 1. The van der Waals surface area contributed by atoms with E-state index in [1.165, 1.54) is 11.6 Å². The minimum Gasteiger partial charge on any atom is -0.384 e. The number of aromatic nitrogens is 2. The van der Waals surface area contributed by atoms with Gasteiger partial charge in [-0.3, -0.25) is 14.6 Å². The molecule has 16 heavy (non-hydrogen) atoms. The van der Waals surface area contributed by atoms with Gasteiger partial charge >= 0.3 is 0 Å². The van der Waals surface area contributed by atoms with E-state index >= 15 is 0 Å². The first-order valence-electron chi connectivity index (χ1n) is 5.35. The second-order valence-corrected chi connectivity index (χ2v) is 3.79. The quantitative estimate of drug-likeness (QED) is 0.812. The number of benzene rings is 1. The van der Waals surface area contributed by atoms with Crippen molar-refractivity contribution in [3.63, 3.8) is 0 Å². The van der Waals surface area contributed by atoms with Crippen LogP contribution in [0.2, 0.25) is 0 Å². The minimum absolute atomic E-state index is 0.141. The van der Waals surface area contributed by atoms with Gasteiger partial charge in [-0.15, -0.1) is 0 Å². The summed E-state index contributed by atoms with van der Waals surface area (Å²) in [5.41, 5.74) is 6.81. The molecule has 0 atom stereocenters.